The van der Waals surface area contributed by atoms with Gasteiger partial charge in [-0.05, 0) is 44.6 Å². The summed E-state index contributed by atoms with van der Waals surface area (Å²) in [6.45, 7) is 4.00. The van der Waals surface area contributed by atoms with Gasteiger partial charge in [0.15, 0.2) is 0 Å². The summed E-state index contributed by atoms with van der Waals surface area (Å²) in [7, 11) is 0. The molecule has 0 radical (unpaired) electrons. The minimum atomic E-state index is -0.0216. The van der Waals surface area contributed by atoms with Crippen molar-refractivity contribution in [1.82, 2.24) is 10.2 Å². The van der Waals surface area contributed by atoms with E-state index in [0.29, 0.717) is 12.5 Å². The normalized spacial score (nSPS) is 24.3. The Bertz CT molecular complexity index is 348. The fraction of sp³-hybridized carbons (Fsp3) is 0.714. The van der Waals surface area contributed by atoms with Gasteiger partial charge in [-0.3, -0.25) is 9.59 Å². The van der Waals surface area contributed by atoms with Crippen LogP contribution in [0.5, 0.6) is 0 Å². The van der Waals surface area contributed by atoms with Gasteiger partial charge in [0, 0.05) is 19.6 Å². The second-order valence-corrected chi connectivity index (χ2v) is 5.31. The van der Waals surface area contributed by atoms with Gasteiger partial charge in [0.2, 0.25) is 11.8 Å². The van der Waals surface area contributed by atoms with E-state index in [1.54, 1.807) is 17.1 Å². The molecule has 100 valence electrons. The van der Waals surface area contributed by atoms with Gasteiger partial charge < -0.3 is 10.2 Å². The quantitative estimate of drug-likeness (QED) is 0.765. The molecular formula is C14H22N2O2. The van der Waals surface area contributed by atoms with E-state index in [9.17, 15) is 9.59 Å². The van der Waals surface area contributed by atoms with E-state index in [4.69, 9.17) is 0 Å². The number of allylic oxidation sites excluding steroid dienone is 1. The number of rotatable bonds is 4. The number of amides is 2. The van der Waals surface area contributed by atoms with Crippen LogP contribution in [0.25, 0.3) is 0 Å². The maximum absolute atomic E-state index is 12.0. The summed E-state index contributed by atoms with van der Waals surface area (Å²) in [6, 6.07) is 0. The van der Waals surface area contributed by atoms with Gasteiger partial charge in [0.25, 0.3) is 0 Å². The van der Waals surface area contributed by atoms with Gasteiger partial charge in [0.1, 0.15) is 0 Å². The molecule has 0 aromatic heterocycles. The third-order valence-corrected chi connectivity index (χ3v) is 3.67. The molecule has 2 fully saturated rings. The molecule has 1 heterocycles. The van der Waals surface area contributed by atoms with Crippen LogP contribution >= 0.6 is 0 Å². The molecule has 0 bridgehead atoms. The van der Waals surface area contributed by atoms with Gasteiger partial charge in [0.05, 0.1) is 5.92 Å². The fourth-order valence-electron chi connectivity index (χ4n) is 2.35. The van der Waals surface area contributed by atoms with Crippen LogP contribution in [0, 0.1) is 11.8 Å². The van der Waals surface area contributed by atoms with Crippen LogP contribution < -0.4 is 5.32 Å². The van der Waals surface area contributed by atoms with Crippen LogP contribution in [0.2, 0.25) is 0 Å². The molecule has 1 N–H and O–H groups in total. The SMILES string of the molecule is C/C=C/C(=O)N1CCCC(C(=O)NCC2CC2)C1. The zero-order chi connectivity index (χ0) is 13.0. The van der Waals surface area contributed by atoms with Crippen molar-refractivity contribution in [2.75, 3.05) is 19.6 Å². The third-order valence-electron chi connectivity index (χ3n) is 3.67. The third kappa shape index (κ3) is 3.59. The topological polar surface area (TPSA) is 49.4 Å². The first-order valence-electron chi connectivity index (χ1n) is 6.90. The zero-order valence-corrected chi connectivity index (χ0v) is 11.0. The lowest BCUT2D eigenvalue weighted by Crippen LogP contribution is -2.45. The number of nitrogens with one attached hydrogen (secondary N) is 1. The highest BCUT2D eigenvalue weighted by Crippen LogP contribution is 2.27. The van der Waals surface area contributed by atoms with Crippen LogP contribution in [0.3, 0.4) is 0 Å². The molecule has 1 aliphatic carbocycles. The molecular weight excluding hydrogens is 228 g/mol. The second-order valence-electron chi connectivity index (χ2n) is 5.31. The first kappa shape index (κ1) is 13.1. The van der Waals surface area contributed by atoms with E-state index in [1.165, 1.54) is 12.8 Å². The number of carbonyl (C=O) groups excluding carboxylic acids is 2. The van der Waals surface area contributed by atoms with E-state index in [-0.39, 0.29) is 17.7 Å². The number of hydrogen-bond donors (Lipinski definition) is 1. The number of piperidine rings is 1. The molecule has 4 heteroatoms. The lowest BCUT2D eigenvalue weighted by Gasteiger charge is -2.31. The van der Waals surface area contributed by atoms with Crippen molar-refractivity contribution in [3.8, 4) is 0 Å². The van der Waals surface area contributed by atoms with Crippen molar-refractivity contribution < 1.29 is 9.59 Å². The maximum atomic E-state index is 12.0. The average Bonchev–Trinajstić information content (AvgIpc) is 3.20. The molecule has 1 unspecified atom stereocenters. The predicted molar refractivity (Wildman–Crippen MR) is 69.9 cm³/mol. The summed E-state index contributed by atoms with van der Waals surface area (Å²) in [6.07, 6.45) is 7.64. The summed E-state index contributed by atoms with van der Waals surface area (Å²) >= 11 is 0. The molecule has 2 aliphatic rings. The largest absolute Gasteiger partial charge is 0.356 e. The van der Waals surface area contributed by atoms with E-state index in [1.807, 2.05) is 6.92 Å². The molecule has 1 atom stereocenters. The van der Waals surface area contributed by atoms with E-state index in [0.717, 1.165) is 25.9 Å². The summed E-state index contributed by atoms with van der Waals surface area (Å²) in [4.78, 5) is 25.5. The van der Waals surface area contributed by atoms with Gasteiger partial charge in [-0.2, -0.15) is 0 Å². The lowest BCUT2D eigenvalue weighted by molar-refractivity contribution is -0.132. The first-order valence-corrected chi connectivity index (χ1v) is 6.90. The van der Waals surface area contributed by atoms with Crippen molar-refractivity contribution in [2.24, 2.45) is 11.8 Å². The van der Waals surface area contributed by atoms with Gasteiger partial charge in [-0.25, -0.2) is 0 Å². The highest BCUT2D eigenvalue weighted by molar-refractivity contribution is 5.88. The van der Waals surface area contributed by atoms with Crippen LogP contribution in [0.15, 0.2) is 12.2 Å². The van der Waals surface area contributed by atoms with Crippen molar-refractivity contribution >= 4 is 11.8 Å². The van der Waals surface area contributed by atoms with Gasteiger partial charge >= 0.3 is 0 Å². The molecule has 4 nitrogen and oxygen atoms in total. The van der Waals surface area contributed by atoms with Crippen LogP contribution in [-0.4, -0.2) is 36.3 Å². The van der Waals surface area contributed by atoms with Crippen molar-refractivity contribution in [1.29, 1.82) is 0 Å². The molecule has 2 rings (SSSR count). The molecule has 1 aliphatic heterocycles. The smallest absolute Gasteiger partial charge is 0.246 e. The minimum absolute atomic E-state index is 0.0216. The Morgan fingerprint density at radius 1 is 1.33 bits per heavy atom. The number of carbonyl (C=O) groups is 2. The number of likely N-dealkylation sites (tertiary alicyclic amines) is 1. The highest BCUT2D eigenvalue weighted by atomic mass is 16.2. The standard InChI is InChI=1S/C14H22N2O2/c1-2-4-13(17)16-8-3-5-12(10-16)14(18)15-9-11-6-7-11/h2,4,11-12H,3,5-10H2,1H3,(H,15,18)/b4-2+. The minimum Gasteiger partial charge on any atom is -0.356 e. The fourth-order valence-corrected chi connectivity index (χ4v) is 2.35. The van der Waals surface area contributed by atoms with Crippen LogP contribution in [-0.2, 0) is 9.59 Å². The summed E-state index contributed by atoms with van der Waals surface area (Å²) in [5.41, 5.74) is 0. The average molecular weight is 250 g/mol. The Morgan fingerprint density at radius 2 is 2.11 bits per heavy atom. The second kappa shape index (κ2) is 6.03. The molecule has 0 spiro atoms. The Morgan fingerprint density at radius 3 is 2.78 bits per heavy atom. The van der Waals surface area contributed by atoms with E-state index in [2.05, 4.69) is 5.32 Å². The van der Waals surface area contributed by atoms with Gasteiger partial charge in [-0.1, -0.05) is 6.08 Å². The maximum Gasteiger partial charge on any atom is 0.246 e. The summed E-state index contributed by atoms with van der Waals surface area (Å²) < 4.78 is 0. The number of hydrogen-bond acceptors (Lipinski definition) is 2. The summed E-state index contributed by atoms with van der Waals surface area (Å²) in [5, 5.41) is 3.01. The molecule has 18 heavy (non-hydrogen) atoms. The molecule has 1 saturated heterocycles. The van der Waals surface area contributed by atoms with E-state index < -0.39 is 0 Å². The first-order chi connectivity index (χ1) is 8.70. The van der Waals surface area contributed by atoms with Crippen molar-refractivity contribution in [2.45, 2.75) is 32.6 Å². The van der Waals surface area contributed by atoms with Crippen LogP contribution in [0.4, 0.5) is 0 Å². The Hall–Kier alpha value is -1.32. The van der Waals surface area contributed by atoms with Gasteiger partial charge in [-0.15, -0.1) is 0 Å². The zero-order valence-electron chi connectivity index (χ0n) is 11.0. The monoisotopic (exact) mass is 250 g/mol. The lowest BCUT2D eigenvalue weighted by atomic mass is 9.97. The van der Waals surface area contributed by atoms with Crippen molar-refractivity contribution in [3.05, 3.63) is 12.2 Å². The Labute approximate surface area is 108 Å². The van der Waals surface area contributed by atoms with Crippen molar-refractivity contribution in [3.63, 3.8) is 0 Å². The summed E-state index contributed by atoms with van der Waals surface area (Å²) in [5.74, 6) is 0.835. The number of nitrogens with zero attached hydrogens (tertiary/aromatic N) is 1. The predicted octanol–water partition coefficient (Wildman–Crippen LogP) is 1.33. The Balaban J connectivity index is 1.81. The molecule has 2 amide bonds. The van der Waals surface area contributed by atoms with Crippen LogP contribution in [0.1, 0.15) is 32.6 Å². The molecule has 0 aromatic rings. The Kier molecular flexibility index (Phi) is 4.39. The van der Waals surface area contributed by atoms with E-state index >= 15 is 0 Å². The highest BCUT2D eigenvalue weighted by Gasteiger charge is 2.29. The molecule has 0 aromatic carbocycles. The molecule has 1 saturated carbocycles.